The van der Waals surface area contributed by atoms with Crippen LogP contribution in [0.4, 0.5) is 15.9 Å². The fourth-order valence-corrected chi connectivity index (χ4v) is 2.50. The van der Waals surface area contributed by atoms with Crippen LogP contribution in [0.5, 0.6) is 0 Å². The molecule has 0 saturated carbocycles. The summed E-state index contributed by atoms with van der Waals surface area (Å²) in [5, 5.41) is 4.74. The van der Waals surface area contributed by atoms with Gasteiger partial charge in [-0.3, -0.25) is 0 Å². The molecule has 1 heterocycles. The summed E-state index contributed by atoms with van der Waals surface area (Å²) in [6, 6.07) is 11.3. The molecule has 0 fully saturated rings. The summed E-state index contributed by atoms with van der Waals surface area (Å²) in [5.74, 6) is -0.360. The summed E-state index contributed by atoms with van der Waals surface area (Å²) in [5.41, 5.74) is 0.899. The minimum absolute atomic E-state index is 0.243. The van der Waals surface area contributed by atoms with Crippen molar-refractivity contribution in [2.45, 2.75) is 0 Å². The molecule has 0 saturated heterocycles. The Bertz CT molecular complexity index is 899. The van der Waals surface area contributed by atoms with Crippen molar-refractivity contribution in [3.8, 4) is 0 Å². The molecule has 0 amide bonds. The second-order valence-electron chi connectivity index (χ2n) is 4.81. The van der Waals surface area contributed by atoms with Crippen LogP contribution < -0.4 is 5.32 Å². The molecule has 0 radical (unpaired) electrons. The summed E-state index contributed by atoms with van der Waals surface area (Å²) in [6.45, 7) is 0. The third kappa shape index (κ3) is 2.96. The van der Waals surface area contributed by atoms with Crippen molar-refractivity contribution in [1.29, 1.82) is 0 Å². The van der Waals surface area contributed by atoms with Gasteiger partial charge in [0.2, 0.25) is 0 Å². The van der Waals surface area contributed by atoms with E-state index >= 15 is 0 Å². The van der Waals surface area contributed by atoms with Gasteiger partial charge in [0, 0.05) is 17.0 Å². The first kappa shape index (κ1) is 15.2. The molecule has 116 valence electrons. The summed E-state index contributed by atoms with van der Waals surface area (Å²) >= 11 is 6.03. The molecule has 0 atom stereocenters. The van der Waals surface area contributed by atoms with E-state index in [0.29, 0.717) is 22.5 Å². The van der Waals surface area contributed by atoms with Crippen LogP contribution in [0, 0.1) is 5.82 Å². The molecule has 1 N–H and O–H groups in total. The number of hydrogen-bond donors (Lipinski definition) is 1. The Balaban J connectivity index is 2.10. The number of nitrogens with zero attached hydrogens (tertiary/aromatic N) is 1. The topological polar surface area (TPSA) is 51.2 Å². The molecule has 6 heteroatoms. The molecule has 0 bridgehead atoms. The van der Waals surface area contributed by atoms with Crippen LogP contribution in [0.25, 0.3) is 10.8 Å². The first-order valence-electron chi connectivity index (χ1n) is 6.78. The number of nitrogens with one attached hydrogen (secondary N) is 1. The van der Waals surface area contributed by atoms with E-state index in [4.69, 9.17) is 16.3 Å². The smallest absolute Gasteiger partial charge is 0.340 e. The normalized spacial score (nSPS) is 10.6. The zero-order chi connectivity index (χ0) is 16.4. The quantitative estimate of drug-likeness (QED) is 0.715. The van der Waals surface area contributed by atoms with Crippen molar-refractivity contribution in [3.63, 3.8) is 0 Å². The third-order valence-corrected chi connectivity index (χ3v) is 3.70. The molecule has 23 heavy (non-hydrogen) atoms. The van der Waals surface area contributed by atoms with Gasteiger partial charge in [-0.2, -0.15) is 0 Å². The first-order chi connectivity index (χ1) is 11.1. The Kier molecular flexibility index (Phi) is 4.12. The van der Waals surface area contributed by atoms with Gasteiger partial charge < -0.3 is 10.1 Å². The van der Waals surface area contributed by atoms with E-state index < -0.39 is 11.8 Å². The number of carbonyl (C=O) groups excluding carboxylic acids is 1. The van der Waals surface area contributed by atoms with Crippen molar-refractivity contribution < 1.29 is 13.9 Å². The van der Waals surface area contributed by atoms with Gasteiger partial charge >= 0.3 is 5.97 Å². The van der Waals surface area contributed by atoms with Gasteiger partial charge in [0.05, 0.1) is 23.4 Å². The van der Waals surface area contributed by atoms with Gasteiger partial charge in [-0.15, -0.1) is 0 Å². The summed E-state index contributed by atoms with van der Waals surface area (Å²) < 4.78 is 17.9. The lowest BCUT2D eigenvalue weighted by Gasteiger charge is -2.12. The molecule has 0 spiro atoms. The average Bonchev–Trinajstić information content (AvgIpc) is 2.57. The van der Waals surface area contributed by atoms with Crippen LogP contribution in [0.3, 0.4) is 0 Å². The maximum Gasteiger partial charge on any atom is 0.340 e. The highest BCUT2D eigenvalue weighted by atomic mass is 35.5. The van der Waals surface area contributed by atoms with Crippen LogP contribution in [0.1, 0.15) is 10.4 Å². The zero-order valence-corrected chi connectivity index (χ0v) is 12.9. The fourth-order valence-electron chi connectivity index (χ4n) is 2.28. The molecule has 2 aromatic carbocycles. The van der Waals surface area contributed by atoms with Crippen molar-refractivity contribution in [3.05, 3.63) is 65.1 Å². The maximum absolute atomic E-state index is 13.1. The zero-order valence-electron chi connectivity index (χ0n) is 12.1. The number of rotatable bonds is 3. The number of pyridine rings is 1. The SMILES string of the molecule is COC(=O)c1cnc(Nc2ccc(F)cc2Cl)c2ccccc12. The number of methoxy groups -OCH3 is 1. The first-order valence-corrected chi connectivity index (χ1v) is 7.16. The van der Waals surface area contributed by atoms with Crippen molar-refractivity contribution in [1.82, 2.24) is 4.98 Å². The van der Waals surface area contributed by atoms with E-state index in [2.05, 4.69) is 10.3 Å². The Morgan fingerprint density at radius 2 is 1.96 bits per heavy atom. The van der Waals surface area contributed by atoms with E-state index in [1.807, 2.05) is 18.2 Å². The molecule has 3 aromatic rings. The predicted octanol–water partition coefficient (Wildman–Crippen LogP) is 4.56. The number of anilines is 2. The second-order valence-corrected chi connectivity index (χ2v) is 5.21. The van der Waals surface area contributed by atoms with E-state index in [1.165, 1.54) is 31.5 Å². The van der Waals surface area contributed by atoms with Crippen LogP contribution >= 0.6 is 11.6 Å². The van der Waals surface area contributed by atoms with Crippen molar-refractivity contribution in [2.75, 3.05) is 12.4 Å². The highest BCUT2D eigenvalue weighted by molar-refractivity contribution is 6.33. The number of aromatic nitrogens is 1. The molecule has 3 rings (SSSR count). The van der Waals surface area contributed by atoms with Gasteiger partial charge in [0.25, 0.3) is 0 Å². The number of esters is 1. The lowest BCUT2D eigenvalue weighted by molar-refractivity contribution is 0.0602. The predicted molar refractivity (Wildman–Crippen MR) is 87.8 cm³/mol. The number of hydrogen-bond acceptors (Lipinski definition) is 4. The van der Waals surface area contributed by atoms with Gasteiger partial charge in [-0.05, 0) is 18.2 Å². The van der Waals surface area contributed by atoms with Crippen LogP contribution in [-0.2, 0) is 4.74 Å². The van der Waals surface area contributed by atoms with E-state index in [9.17, 15) is 9.18 Å². The highest BCUT2D eigenvalue weighted by Gasteiger charge is 2.14. The van der Waals surface area contributed by atoms with Gasteiger partial charge in [-0.25, -0.2) is 14.2 Å². The van der Waals surface area contributed by atoms with Crippen LogP contribution in [-0.4, -0.2) is 18.1 Å². The molecular formula is C17H12ClFN2O2. The molecule has 4 nitrogen and oxygen atoms in total. The minimum atomic E-state index is -0.458. The Hall–Kier alpha value is -2.66. The van der Waals surface area contributed by atoms with E-state index in [1.54, 1.807) is 6.07 Å². The third-order valence-electron chi connectivity index (χ3n) is 3.38. The molecule has 0 aliphatic heterocycles. The lowest BCUT2D eigenvalue weighted by Crippen LogP contribution is -2.05. The molecule has 0 aliphatic carbocycles. The largest absolute Gasteiger partial charge is 0.465 e. The standard InChI is InChI=1S/C17H12ClFN2O2/c1-23-17(22)13-9-20-16(12-5-3-2-4-11(12)13)21-15-7-6-10(19)8-14(15)18/h2-9H,1H3,(H,20,21). The Morgan fingerprint density at radius 1 is 1.22 bits per heavy atom. The van der Waals surface area contributed by atoms with Crippen molar-refractivity contribution >= 4 is 39.8 Å². The Morgan fingerprint density at radius 3 is 2.65 bits per heavy atom. The van der Waals surface area contributed by atoms with Crippen LogP contribution in [0.15, 0.2) is 48.7 Å². The van der Waals surface area contributed by atoms with Crippen LogP contribution in [0.2, 0.25) is 5.02 Å². The fraction of sp³-hybridized carbons (Fsp3) is 0.0588. The average molecular weight is 331 g/mol. The summed E-state index contributed by atoms with van der Waals surface area (Å²) in [6.07, 6.45) is 1.44. The van der Waals surface area contributed by atoms with E-state index in [0.717, 1.165) is 5.39 Å². The number of ether oxygens (including phenoxy) is 1. The van der Waals surface area contributed by atoms with Gasteiger partial charge in [-0.1, -0.05) is 35.9 Å². The Labute approximate surface area is 136 Å². The molecule has 0 unspecified atom stereocenters. The lowest BCUT2D eigenvalue weighted by atomic mass is 10.1. The van der Waals surface area contributed by atoms with Gasteiger partial charge in [0.15, 0.2) is 0 Å². The number of carbonyl (C=O) groups is 1. The highest BCUT2D eigenvalue weighted by Crippen LogP contribution is 2.30. The molecular weight excluding hydrogens is 319 g/mol. The second kappa shape index (κ2) is 6.22. The van der Waals surface area contributed by atoms with Gasteiger partial charge in [0.1, 0.15) is 11.6 Å². The molecule has 0 aliphatic rings. The van der Waals surface area contributed by atoms with Crippen molar-refractivity contribution in [2.24, 2.45) is 0 Å². The number of halogens is 2. The number of benzene rings is 2. The monoisotopic (exact) mass is 330 g/mol. The van der Waals surface area contributed by atoms with E-state index in [-0.39, 0.29) is 5.02 Å². The number of fused-ring (bicyclic) bond motifs is 1. The minimum Gasteiger partial charge on any atom is -0.465 e. The molecule has 1 aromatic heterocycles. The maximum atomic E-state index is 13.1. The summed E-state index contributed by atoms with van der Waals surface area (Å²) in [4.78, 5) is 16.1. The summed E-state index contributed by atoms with van der Waals surface area (Å²) in [7, 11) is 1.32.